The molecule has 2 aromatic rings. The van der Waals surface area contributed by atoms with E-state index >= 15 is 0 Å². The van der Waals surface area contributed by atoms with Gasteiger partial charge in [0.15, 0.2) is 6.61 Å². The first-order valence-corrected chi connectivity index (χ1v) is 8.50. The number of hydrogen-bond donors (Lipinski definition) is 2. The zero-order valence-corrected chi connectivity index (χ0v) is 13.3. The predicted molar refractivity (Wildman–Crippen MR) is 86.5 cm³/mol. The van der Waals surface area contributed by atoms with Crippen molar-refractivity contribution < 1.29 is 17.9 Å². The summed E-state index contributed by atoms with van der Waals surface area (Å²) in [6.45, 7) is 0.0632. The standard InChI is InChI=1S/C16H18N2O4S/c17-16(19)12-22-14-6-8-15(9-7-14)23(20,21)18-11-10-13-4-2-1-3-5-13/h1-9,18H,10-12H2,(H2,17,19). The summed E-state index contributed by atoms with van der Waals surface area (Å²) in [4.78, 5) is 10.8. The van der Waals surface area contributed by atoms with Crippen LogP contribution in [0.3, 0.4) is 0 Å². The summed E-state index contributed by atoms with van der Waals surface area (Å²) in [5.41, 5.74) is 6.03. The molecule has 2 aromatic carbocycles. The van der Waals surface area contributed by atoms with Crippen molar-refractivity contribution in [3.63, 3.8) is 0 Å². The SMILES string of the molecule is NC(=O)COc1ccc(S(=O)(=O)NCCc2ccccc2)cc1. The number of benzene rings is 2. The van der Waals surface area contributed by atoms with Crippen LogP contribution in [-0.4, -0.2) is 27.5 Å². The van der Waals surface area contributed by atoms with Crippen molar-refractivity contribution in [1.82, 2.24) is 4.72 Å². The number of amides is 1. The number of carbonyl (C=O) groups excluding carboxylic acids is 1. The van der Waals surface area contributed by atoms with Gasteiger partial charge in [-0.25, -0.2) is 13.1 Å². The van der Waals surface area contributed by atoms with Crippen LogP contribution < -0.4 is 15.2 Å². The second-order valence-corrected chi connectivity index (χ2v) is 6.63. The molecule has 0 aliphatic carbocycles. The zero-order chi connectivity index (χ0) is 16.7. The molecule has 0 radical (unpaired) electrons. The lowest BCUT2D eigenvalue weighted by molar-refractivity contribution is -0.119. The summed E-state index contributed by atoms with van der Waals surface area (Å²) >= 11 is 0. The third-order valence-corrected chi connectivity index (χ3v) is 4.54. The van der Waals surface area contributed by atoms with Gasteiger partial charge in [-0.2, -0.15) is 0 Å². The summed E-state index contributed by atoms with van der Waals surface area (Å²) in [7, 11) is -3.58. The molecule has 0 saturated heterocycles. The average Bonchev–Trinajstić information content (AvgIpc) is 2.54. The van der Waals surface area contributed by atoms with Crippen LogP contribution in [0, 0.1) is 0 Å². The minimum atomic E-state index is -3.58. The highest BCUT2D eigenvalue weighted by molar-refractivity contribution is 7.89. The van der Waals surface area contributed by atoms with Gasteiger partial charge in [-0.05, 0) is 36.2 Å². The Kier molecular flexibility index (Phi) is 5.72. The van der Waals surface area contributed by atoms with E-state index in [1.54, 1.807) is 0 Å². The van der Waals surface area contributed by atoms with E-state index < -0.39 is 15.9 Å². The summed E-state index contributed by atoms with van der Waals surface area (Å²) in [6.07, 6.45) is 0.611. The van der Waals surface area contributed by atoms with E-state index in [-0.39, 0.29) is 11.5 Å². The fourth-order valence-corrected chi connectivity index (χ4v) is 2.96. The minimum absolute atomic E-state index is 0.136. The Hall–Kier alpha value is -2.38. The molecule has 6 nitrogen and oxygen atoms in total. The Balaban J connectivity index is 1.92. The molecule has 3 N–H and O–H groups in total. The van der Waals surface area contributed by atoms with Gasteiger partial charge >= 0.3 is 0 Å². The molecule has 122 valence electrons. The number of rotatable bonds is 8. The lowest BCUT2D eigenvalue weighted by Crippen LogP contribution is -2.26. The fraction of sp³-hybridized carbons (Fsp3) is 0.188. The molecule has 0 aliphatic heterocycles. The summed E-state index contributed by atoms with van der Waals surface area (Å²) in [6, 6.07) is 15.4. The van der Waals surface area contributed by atoms with Crippen LogP contribution in [-0.2, 0) is 21.2 Å². The molecular formula is C16H18N2O4S. The third kappa shape index (κ3) is 5.39. The minimum Gasteiger partial charge on any atom is -0.484 e. The van der Waals surface area contributed by atoms with Crippen LogP contribution in [0.2, 0.25) is 0 Å². The van der Waals surface area contributed by atoms with Gasteiger partial charge in [0.2, 0.25) is 10.0 Å². The molecule has 0 aromatic heterocycles. The molecule has 0 atom stereocenters. The molecule has 23 heavy (non-hydrogen) atoms. The maximum Gasteiger partial charge on any atom is 0.255 e. The summed E-state index contributed by atoms with van der Waals surface area (Å²) in [5.74, 6) is -0.212. The highest BCUT2D eigenvalue weighted by Gasteiger charge is 2.13. The first kappa shape index (κ1) is 17.0. The molecular weight excluding hydrogens is 316 g/mol. The molecule has 0 fully saturated rings. The van der Waals surface area contributed by atoms with Crippen LogP contribution >= 0.6 is 0 Å². The van der Waals surface area contributed by atoms with Crippen molar-refractivity contribution in [1.29, 1.82) is 0 Å². The normalized spacial score (nSPS) is 11.1. The Morgan fingerprint density at radius 1 is 1.04 bits per heavy atom. The van der Waals surface area contributed by atoms with Crippen molar-refractivity contribution in [2.75, 3.05) is 13.2 Å². The molecule has 0 aliphatic rings. The van der Waals surface area contributed by atoms with Crippen molar-refractivity contribution >= 4 is 15.9 Å². The van der Waals surface area contributed by atoms with E-state index in [0.29, 0.717) is 18.7 Å². The second-order valence-electron chi connectivity index (χ2n) is 4.86. The number of carbonyl (C=O) groups is 1. The van der Waals surface area contributed by atoms with Crippen LogP contribution in [0.4, 0.5) is 0 Å². The number of ether oxygens (including phenoxy) is 1. The van der Waals surface area contributed by atoms with E-state index in [9.17, 15) is 13.2 Å². The Labute approximate surface area is 135 Å². The van der Waals surface area contributed by atoms with Crippen molar-refractivity contribution in [3.05, 3.63) is 60.2 Å². The fourth-order valence-electron chi connectivity index (χ4n) is 1.93. The van der Waals surface area contributed by atoms with Crippen LogP contribution in [0.5, 0.6) is 5.75 Å². The lowest BCUT2D eigenvalue weighted by atomic mass is 10.2. The number of nitrogens with two attached hydrogens (primary N) is 1. The monoisotopic (exact) mass is 334 g/mol. The Morgan fingerprint density at radius 2 is 1.70 bits per heavy atom. The Bertz CT molecular complexity index is 743. The van der Waals surface area contributed by atoms with Gasteiger partial charge in [0, 0.05) is 6.54 Å². The maximum absolute atomic E-state index is 12.2. The van der Waals surface area contributed by atoms with Crippen LogP contribution in [0.1, 0.15) is 5.56 Å². The average molecular weight is 334 g/mol. The van der Waals surface area contributed by atoms with Gasteiger partial charge in [0.05, 0.1) is 4.90 Å². The first-order valence-electron chi connectivity index (χ1n) is 7.02. The van der Waals surface area contributed by atoms with E-state index in [4.69, 9.17) is 10.5 Å². The molecule has 0 bridgehead atoms. The number of hydrogen-bond acceptors (Lipinski definition) is 4. The van der Waals surface area contributed by atoms with Crippen LogP contribution in [0.15, 0.2) is 59.5 Å². The van der Waals surface area contributed by atoms with Crippen LogP contribution in [0.25, 0.3) is 0 Å². The summed E-state index contributed by atoms with van der Waals surface area (Å²) in [5, 5.41) is 0. The quantitative estimate of drug-likeness (QED) is 0.754. The van der Waals surface area contributed by atoms with Gasteiger partial charge in [0.25, 0.3) is 5.91 Å². The largest absolute Gasteiger partial charge is 0.484 e. The topological polar surface area (TPSA) is 98.5 Å². The molecule has 7 heteroatoms. The van der Waals surface area contributed by atoms with Gasteiger partial charge < -0.3 is 10.5 Å². The molecule has 0 heterocycles. The van der Waals surface area contributed by atoms with Crippen molar-refractivity contribution in [2.24, 2.45) is 5.73 Å². The van der Waals surface area contributed by atoms with Gasteiger partial charge in [0.1, 0.15) is 5.75 Å². The highest BCUT2D eigenvalue weighted by atomic mass is 32.2. The zero-order valence-electron chi connectivity index (χ0n) is 12.4. The molecule has 1 amide bonds. The number of sulfonamides is 1. The maximum atomic E-state index is 12.2. The van der Waals surface area contributed by atoms with Gasteiger partial charge in [-0.1, -0.05) is 30.3 Å². The van der Waals surface area contributed by atoms with Gasteiger partial charge in [-0.15, -0.1) is 0 Å². The van der Waals surface area contributed by atoms with E-state index in [1.807, 2.05) is 30.3 Å². The van der Waals surface area contributed by atoms with Gasteiger partial charge in [-0.3, -0.25) is 4.79 Å². The molecule has 0 spiro atoms. The molecule has 0 saturated carbocycles. The Morgan fingerprint density at radius 3 is 2.30 bits per heavy atom. The third-order valence-electron chi connectivity index (χ3n) is 3.06. The number of primary amides is 1. The van der Waals surface area contributed by atoms with E-state index in [2.05, 4.69) is 4.72 Å². The second kappa shape index (κ2) is 7.75. The lowest BCUT2D eigenvalue weighted by Gasteiger charge is -2.08. The molecule has 2 rings (SSSR count). The van der Waals surface area contributed by atoms with E-state index in [1.165, 1.54) is 24.3 Å². The van der Waals surface area contributed by atoms with Crippen molar-refractivity contribution in [2.45, 2.75) is 11.3 Å². The predicted octanol–water partition coefficient (Wildman–Crippen LogP) is 1.07. The molecule has 0 unspecified atom stereocenters. The number of nitrogens with one attached hydrogen (secondary N) is 1. The highest BCUT2D eigenvalue weighted by Crippen LogP contribution is 2.15. The smallest absolute Gasteiger partial charge is 0.255 e. The van der Waals surface area contributed by atoms with Crippen molar-refractivity contribution in [3.8, 4) is 5.75 Å². The van der Waals surface area contributed by atoms with E-state index in [0.717, 1.165) is 5.56 Å². The first-order chi connectivity index (χ1) is 11.0. The summed E-state index contributed by atoms with van der Waals surface area (Å²) < 4.78 is 32.0.